The summed E-state index contributed by atoms with van der Waals surface area (Å²) in [5.41, 5.74) is 6.37. The summed E-state index contributed by atoms with van der Waals surface area (Å²) in [5, 5.41) is 22.2. The van der Waals surface area contributed by atoms with Crippen LogP contribution in [-0.2, 0) is 43.4 Å². The first-order valence-electron chi connectivity index (χ1n) is 12.0. The Labute approximate surface area is 205 Å². The van der Waals surface area contributed by atoms with Gasteiger partial charge in [0, 0.05) is 37.8 Å². The fourth-order valence-electron chi connectivity index (χ4n) is 5.10. The van der Waals surface area contributed by atoms with E-state index in [2.05, 4.69) is 53.0 Å². The molecule has 0 saturated heterocycles. The first-order chi connectivity index (χ1) is 17.7. The van der Waals surface area contributed by atoms with Gasteiger partial charge in [0.2, 0.25) is 17.7 Å². The van der Waals surface area contributed by atoms with E-state index in [1.54, 1.807) is 17.3 Å². The van der Waals surface area contributed by atoms with Crippen molar-refractivity contribution in [2.24, 2.45) is 0 Å². The normalized spacial score (nSPS) is 17.9. The highest BCUT2D eigenvalue weighted by atomic mass is 16.5. The molecule has 36 heavy (non-hydrogen) atoms. The minimum Gasteiger partial charge on any atom is -0.493 e. The number of hydrogen-bond acceptors (Lipinski definition) is 10. The number of H-pyrrole nitrogens is 1. The van der Waals surface area contributed by atoms with Crippen molar-refractivity contribution in [2.75, 3.05) is 18.5 Å². The van der Waals surface area contributed by atoms with Gasteiger partial charge < -0.3 is 19.4 Å². The number of fused-ring (bicyclic) bond motifs is 3. The van der Waals surface area contributed by atoms with Crippen LogP contribution >= 0.6 is 0 Å². The average molecular weight is 486 g/mol. The second-order valence-electron chi connectivity index (χ2n) is 9.35. The highest BCUT2D eigenvalue weighted by Crippen LogP contribution is 2.34. The Hall–Kier alpha value is -4.35. The molecule has 12 nitrogen and oxygen atoms in total. The third-order valence-corrected chi connectivity index (χ3v) is 6.97. The largest absolute Gasteiger partial charge is 0.493 e. The van der Waals surface area contributed by atoms with Crippen LogP contribution in [0, 0.1) is 0 Å². The number of aromatic nitrogens is 7. The Kier molecular flexibility index (Phi) is 4.89. The molecule has 1 atom stereocenters. The lowest BCUT2D eigenvalue weighted by Crippen LogP contribution is -2.37. The number of rotatable bonds is 5. The Morgan fingerprint density at radius 2 is 1.94 bits per heavy atom. The highest BCUT2D eigenvalue weighted by molar-refractivity contribution is 5.78. The molecule has 1 amide bonds. The van der Waals surface area contributed by atoms with Gasteiger partial charge in [-0.15, -0.1) is 15.3 Å². The number of nitrogens with zero attached hydrogens (tertiary/aromatic N) is 7. The van der Waals surface area contributed by atoms with Gasteiger partial charge in [0.15, 0.2) is 0 Å². The van der Waals surface area contributed by atoms with Crippen LogP contribution in [0.4, 0.5) is 5.95 Å². The van der Waals surface area contributed by atoms with E-state index in [-0.39, 0.29) is 30.2 Å². The fourth-order valence-corrected chi connectivity index (χ4v) is 5.10. The number of amides is 1. The molecule has 2 aliphatic heterocycles. The Balaban J connectivity index is 0.970. The van der Waals surface area contributed by atoms with E-state index in [0.717, 1.165) is 43.0 Å². The van der Waals surface area contributed by atoms with Crippen LogP contribution in [0.2, 0.25) is 0 Å². The van der Waals surface area contributed by atoms with Crippen molar-refractivity contribution in [3.63, 3.8) is 0 Å². The molecule has 0 radical (unpaired) electrons. The fraction of sp³-hybridized carbons (Fsp3) is 0.375. The maximum atomic E-state index is 12.7. The summed E-state index contributed by atoms with van der Waals surface area (Å²) in [7, 11) is 0. The van der Waals surface area contributed by atoms with Gasteiger partial charge >= 0.3 is 0 Å². The number of anilines is 1. The number of carbonyl (C=O) groups excluding carboxylic acids is 1. The molecule has 2 N–H and O–H groups in total. The van der Waals surface area contributed by atoms with Crippen LogP contribution in [0.3, 0.4) is 0 Å². The predicted octanol–water partition coefficient (Wildman–Crippen LogP) is 1.29. The van der Waals surface area contributed by atoms with Crippen LogP contribution in [0.25, 0.3) is 11.5 Å². The van der Waals surface area contributed by atoms with Crippen molar-refractivity contribution < 1.29 is 13.9 Å². The van der Waals surface area contributed by atoms with Gasteiger partial charge in [-0.1, -0.05) is 11.3 Å². The molecule has 1 unspecified atom stereocenters. The molecule has 12 heteroatoms. The summed E-state index contributed by atoms with van der Waals surface area (Å²) in [6, 6.07) is 4.69. The molecular weight excluding hydrogens is 462 g/mol. The molecule has 0 saturated carbocycles. The van der Waals surface area contributed by atoms with Gasteiger partial charge in [0.1, 0.15) is 17.9 Å². The third kappa shape index (κ3) is 3.84. The number of aromatic amines is 1. The summed E-state index contributed by atoms with van der Waals surface area (Å²) in [4.78, 5) is 23.3. The summed E-state index contributed by atoms with van der Waals surface area (Å²) >= 11 is 0. The van der Waals surface area contributed by atoms with Gasteiger partial charge in [0.05, 0.1) is 24.4 Å². The number of nitrogens with one attached hydrogen (secondary N) is 2. The summed E-state index contributed by atoms with van der Waals surface area (Å²) in [6.07, 6.45) is 6.85. The van der Waals surface area contributed by atoms with Crippen LogP contribution in [0.1, 0.15) is 34.0 Å². The molecule has 4 aromatic rings. The van der Waals surface area contributed by atoms with Gasteiger partial charge in [-0.05, 0) is 35.6 Å². The zero-order chi connectivity index (χ0) is 24.1. The van der Waals surface area contributed by atoms with Crippen molar-refractivity contribution in [3.05, 3.63) is 58.5 Å². The van der Waals surface area contributed by atoms with Crippen molar-refractivity contribution in [3.8, 4) is 17.2 Å². The molecule has 5 heterocycles. The molecule has 3 aromatic heterocycles. The minimum absolute atomic E-state index is 0.0252. The van der Waals surface area contributed by atoms with Gasteiger partial charge in [-0.3, -0.25) is 9.89 Å². The van der Waals surface area contributed by atoms with Crippen molar-refractivity contribution in [1.29, 1.82) is 0 Å². The number of carbonyl (C=O) groups is 1. The monoisotopic (exact) mass is 485 g/mol. The summed E-state index contributed by atoms with van der Waals surface area (Å²) < 4.78 is 11.4. The SMILES string of the molecule is O=C(Cc1nnc(-c2cnc(NC3Cc4cc5c(cc4C3)OCC5)nc2)o1)N1CCc2[nH]nnc2C1. The molecule has 3 aliphatic rings. The van der Waals surface area contributed by atoms with E-state index >= 15 is 0 Å². The standard InChI is InChI=1S/C24H23N9O3/c34-22(33-3-1-18-19(12-33)29-32-28-18)9-21-30-31-23(36-21)16-10-25-24(26-11-16)27-17-6-14-5-13-2-4-35-20(13)8-15(14)7-17/h5,8,10-11,17H,1-4,6-7,9,12H2,(H,25,26,27)(H,28,29,32). The number of benzene rings is 1. The molecule has 7 rings (SSSR count). The van der Waals surface area contributed by atoms with Crippen LogP contribution < -0.4 is 10.1 Å². The first-order valence-corrected chi connectivity index (χ1v) is 12.0. The van der Waals surface area contributed by atoms with Crippen molar-refractivity contribution in [2.45, 2.75) is 44.7 Å². The Morgan fingerprint density at radius 3 is 2.83 bits per heavy atom. The lowest BCUT2D eigenvalue weighted by atomic mass is 10.0. The smallest absolute Gasteiger partial charge is 0.250 e. The lowest BCUT2D eigenvalue weighted by molar-refractivity contribution is -0.131. The van der Waals surface area contributed by atoms with Crippen molar-refractivity contribution >= 4 is 11.9 Å². The quantitative estimate of drug-likeness (QED) is 0.423. The third-order valence-electron chi connectivity index (χ3n) is 6.97. The topological polar surface area (TPSA) is 148 Å². The second kappa shape index (κ2) is 8.40. The first kappa shape index (κ1) is 21.0. The lowest BCUT2D eigenvalue weighted by Gasteiger charge is -2.25. The van der Waals surface area contributed by atoms with E-state index in [1.807, 2.05) is 0 Å². The van der Waals surface area contributed by atoms with Gasteiger partial charge in [0.25, 0.3) is 5.89 Å². The van der Waals surface area contributed by atoms with Crippen molar-refractivity contribution in [1.82, 2.24) is 40.5 Å². The molecule has 182 valence electrons. The Bertz CT molecular complexity index is 1410. The maximum Gasteiger partial charge on any atom is 0.250 e. The zero-order valence-electron chi connectivity index (χ0n) is 19.4. The number of ether oxygens (including phenoxy) is 1. The average Bonchev–Trinajstić information content (AvgIpc) is 3.68. The molecule has 0 bridgehead atoms. The predicted molar refractivity (Wildman–Crippen MR) is 125 cm³/mol. The van der Waals surface area contributed by atoms with E-state index in [4.69, 9.17) is 9.15 Å². The Morgan fingerprint density at radius 1 is 1.08 bits per heavy atom. The van der Waals surface area contributed by atoms with Crippen LogP contribution in [-0.4, -0.2) is 65.6 Å². The van der Waals surface area contributed by atoms with E-state index in [9.17, 15) is 4.79 Å². The summed E-state index contributed by atoms with van der Waals surface area (Å²) in [6.45, 7) is 1.80. The molecule has 1 aliphatic carbocycles. The van der Waals surface area contributed by atoms with Gasteiger partial charge in [-0.25, -0.2) is 9.97 Å². The summed E-state index contributed by atoms with van der Waals surface area (Å²) in [5.74, 6) is 2.01. The van der Waals surface area contributed by atoms with Crippen LogP contribution in [0.5, 0.6) is 5.75 Å². The number of hydrogen-bond donors (Lipinski definition) is 2. The van der Waals surface area contributed by atoms with E-state index in [1.165, 1.54) is 16.7 Å². The minimum atomic E-state index is -0.0935. The maximum absolute atomic E-state index is 12.7. The second-order valence-corrected chi connectivity index (χ2v) is 9.35. The van der Waals surface area contributed by atoms with Crippen LogP contribution in [0.15, 0.2) is 28.9 Å². The zero-order valence-corrected chi connectivity index (χ0v) is 19.4. The molecule has 0 fully saturated rings. The molecular formula is C24H23N9O3. The van der Waals surface area contributed by atoms with Gasteiger partial charge in [-0.2, -0.15) is 0 Å². The highest BCUT2D eigenvalue weighted by Gasteiger charge is 2.27. The van der Waals surface area contributed by atoms with E-state index in [0.29, 0.717) is 31.0 Å². The van der Waals surface area contributed by atoms with E-state index < -0.39 is 0 Å². The molecule has 0 spiro atoms. The molecule has 1 aromatic carbocycles.